The van der Waals surface area contributed by atoms with Crippen LogP contribution in [0.1, 0.15) is 31.9 Å². The molecule has 4 heteroatoms. The maximum Gasteiger partial charge on any atom is 0.123 e. The van der Waals surface area contributed by atoms with Gasteiger partial charge in [-0.3, -0.25) is 4.90 Å². The molecule has 3 nitrogen and oxygen atoms in total. The molecule has 1 aliphatic heterocycles. The van der Waals surface area contributed by atoms with Crippen molar-refractivity contribution < 1.29 is 9.50 Å². The van der Waals surface area contributed by atoms with Crippen LogP contribution in [0, 0.1) is 5.82 Å². The van der Waals surface area contributed by atoms with Crippen molar-refractivity contribution in [2.45, 2.75) is 32.4 Å². The third kappa shape index (κ3) is 4.27. The highest BCUT2D eigenvalue weighted by atomic mass is 19.1. The molecule has 0 aliphatic carbocycles. The van der Waals surface area contributed by atoms with Crippen molar-refractivity contribution >= 4 is 0 Å². The van der Waals surface area contributed by atoms with Crippen LogP contribution in [0.2, 0.25) is 0 Å². The molecular weight excluding hydrogens is 255 g/mol. The van der Waals surface area contributed by atoms with Crippen LogP contribution in [0.25, 0.3) is 0 Å². The molecule has 1 fully saturated rings. The Labute approximate surface area is 121 Å². The fourth-order valence-corrected chi connectivity index (χ4v) is 2.69. The average molecular weight is 280 g/mol. The first kappa shape index (κ1) is 15.4. The molecule has 1 N–H and O–H groups in total. The van der Waals surface area contributed by atoms with Crippen LogP contribution >= 0.6 is 0 Å². The lowest BCUT2D eigenvalue weighted by molar-refractivity contribution is 0.0881. The number of halogens is 1. The number of aliphatic hydroxyl groups is 1. The van der Waals surface area contributed by atoms with Crippen molar-refractivity contribution in [3.63, 3.8) is 0 Å². The lowest BCUT2D eigenvalue weighted by Crippen LogP contribution is -2.49. The smallest absolute Gasteiger partial charge is 0.123 e. The van der Waals surface area contributed by atoms with Gasteiger partial charge < -0.3 is 10.0 Å². The maximum atomic E-state index is 13.1. The third-order valence-corrected chi connectivity index (χ3v) is 4.09. The Kier molecular flexibility index (Phi) is 5.52. The first-order valence-corrected chi connectivity index (χ1v) is 7.46. The normalized spacial score (nSPS) is 19.4. The van der Waals surface area contributed by atoms with Gasteiger partial charge in [-0.05, 0) is 38.0 Å². The standard InChI is InChI=1S/C16H25FN2O/c1-13(2)19-10-8-18(9-11-19)7-6-16(20)14-4-3-5-15(17)12-14/h3-5,12-13,16,20H,6-11H2,1-2H3. The number of hydrogen-bond acceptors (Lipinski definition) is 3. The molecule has 0 bridgehead atoms. The van der Waals surface area contributed by atoms with Crippen molar-refractivity contribution in [1.82, 2.24) is 9.80 Å². The molecule has 1 atom stereocenters. The predicted molar refractivity (Wildman–Crippen MR) is 79.1 cm³/mol. The van der Waals surface area contributed by atoms with Gasteiger partial charge in [-0.2, -0.15) is 0 Å². The molecule has 0 amide bonds. The van der Waals surface area contributed by atoms with Crippen molar-refractivity contribution in [3.05, 3.63) is 35.6 Å². The number of hydrogen-bond donors (Lipinski definition) is 1. The van der Waals surface area contributed by atoms with E-state index >= 15 is 0 Å². The van der Waals surface area contributed by atoms with Gasteiger partial charge in [0.05, 0.1) is 6.10 Å². The van der Waals surface area contributed by atoms with Gasteiger partial charge in [0.1, 0.15) is 5.82 Å². The van der Waals surface area contributed by atoms with Crippen molar-refractivity contribution in [2.75, 3.05) is 32.7 Å². The molecule has 0 spiro atoms. The summed E-state index contributed by atoms with van der Waals surface area (Å²) < 4.78 is 13.1. The lowest BCUT2D eigenvalue weighted by Gasteiger charge is -2.37. The molecule has 112 valence electrons. The highest BCUT2D eigenvalue weighted by molar-refractivity contribution is 5.18. The predicted octanol–water partition coefficient (Wildman–Crippen LogP) is 2.28. The van der Waals surface area contributed by atoms with E-state index in [9.17, 15) is 9.50 Å². The number of piperazine rings is 1. The minimum atomic E-state index is -0.575. The highest BCUT2D eigenvalue weighted by Crippen LogP contribution is 2.18. The van der Waals surface area contributed by atoms with Gasteiger partial charge in [-0.1, -0.05) is 12.1 Å². The van der Waals surface area contributed by atoms with Crippen LogP contribution in [-0.4, -0.2) is 53.7 Å². The lowest BCUT2D eigenvalue weighted by atomic mass is 10.1. The first-order chi connectivity index (χ1) is 9.56. The molecule has 1 aromatic rings. The van der Waals surface area contributed by atoms with Gasteiger partial charge in [0.25, 0.3) is 0 Å². The van der Waals surface area contributed by atoms with E-state index in [0.717, 1.165) is 32.7 Å². The van der Waals surface area contributed by atoms with Crippen LogP contribution in [0.15, 0.2) is 24.3 Å². The first-order valence-electron chi connectivity index (χ1n) is 7.46. The molecule has 1 unspecified atom stereocenters. The molecule has 1 saturated heterocycles. The Morgan fingerprint density at radius 2 is 1.90 bits per heavy atom. The number of nitrogens with zero attached hydrogens (tertiary/aromatic N) is 2. The van der Waals surface area contributed by atoms with Crippen LogP contribution in [0.5, 0.6) is 0 Å². The Bertz CT molecular complexity index is 417. The minimum Gasteiger partial charge on any atom is -0.388 e. The monoisotopic (exact) mass is 280 g/mol. The molecule has 1 aromatic carbocycles. The van der Waals surface area contributed by atoms with Gasteiger partial charge >= 0.3 is 0 Å². The van der Waals surface area contributed by atoms with Crippen LogP contribution in [-0.2, 0) is 0 Å². The van der Waals surface area contributed by atoms with E-state index in [0.29, 0.717) is 18.0 Å². The zero-order valence-corrected chi connectivity index (χ0v) is 12.4. The van der Waals surface area contributed by atoms with Gasteiger partial charge in [-0.25, -0.2) is 4.39 Å². The van der Waals surface area contributed by atoms with E-state index in [-0.39, 0.29) is 5.82 Å². The summed E-state index contributed by atoms with van der Waals surface area (Å²) in [7, 11) is 0. The van der Waals surface area contributed by atoms with Gasteiger partial charge in [-0.15, -0.1) is 0 Å². The number of rotatable bonds is 5. The van der Waals surface area contributed by atoms with Gasteiger partial charge in [0.2, 0.25) is 0 Å². The van der Waals surface area contributed by atoms with E-state index in [4.69, 9.17) is 0 Å². The summed E-state index contributed by atoms with van der Waals surface area (Å²) in [6.45, 7) is 9.60. The zero-order chi connectivity index (χ0) is 14.5. The van der Waals surface area contributed by atoms with Crippen LogP contribution < -0.4 is 0 Å². The zero-order valence-electron chi connectivity index (χ0n) is 12.4. The summed E-state index contributed by atoms with van der Waals surface area (Å²) in [5.41, 5.74) is 0.672. The van der Waals surface area contributed by atoms with Crippen LogP contribution in [0.3, 0.4) is 0 Å². The second kappa shape index (κ2) is 7.16. The summed E-state index contributed by atoms with van der Waals surface area (Å²) in [5, 5.41) is 10.1. The summed E-state index contributed by atoms with van der Waals surface area (Å²) in [5.74, 6) is -0.285. The fourth-order valence-electron chi connectivity index (χ4n) is 2.69. The second-order valence-corrected chi connectivity index (χ2v) is 5.83. The molecule has 1 heterocycles. The topological polar surface area (TPSA) is 26.7 Å². The summed E-state index contributed by atoms with van der Waals surface area (Å²) in [6.07, 6.45) is 0.0827. The molecule has 1 aliphatic rings. The SMILES string of the molecule is CC(C)N1CCN(CCC(O)c2cccc(F)c2)CC1. The Hall–Kier alpha value is -0.970. The minimum absolute atomic E-state index is 0.285. The molecule has 0 radical (unpaired) electrons. The Balaban J connectivity index is 1.76. The molecular formula is C16H25FN2O. The third-order valence-electron chi connectivity index (χ3n) is 4.09. The molecule has 2 rings (SSSR count). The fraction of sp³-hybridized carbons (Fsp3) is 0.625. The van der Waals surface area contributed by atoms with E-state index < -0.39 is 6.10 Å². The second-order valence-electron chi connectivity index (χ2n) is 5.83. The highest BCUT2D eigenvalue weighted by Gasteiger charge is 2.19. The average Bonchev–Trinajstić information content (AvgIpc) is 2.45. The van der Waals surface area contributed by atoms with Gasteiger partial charge in [0, 0.05) is 38.8 Å². The van der Waals surface area contributed by atoms with E-state index in [1.807, 2.05) is 0 Å². The van der Waals surface area contributed by atoms with Crippen molar-refractivity contribution in [3.8, 4) is 0 Å². The van der Waals surface area contributed by atoms with E-state index in [2.05, 4.69) is 23.6 Å². The Morgan fingerprint density at radius 3 is 2.50 bits per heavy atom. The number of benzene rings is 1. The van der Waals surface area contributed by atoms with Crippen molar-refractivity contribution in [1.29, 1.82) is 0 Å². The van der Waals surface area contributed by atoms with E-state index in [1.54, 1.807) is 12.1 Å². The molecule has 0 saturated carbocycles. The van der Waals surface area contributed by atoms with Crippen LogP contribution in [0.4, 0.5) is 4.39 Å². The maximum absolute atomic E-state index is 13.1. The van der Waals surface area contributed by atoms with E-state index in [1.165, 1.54) is 12.1 Å². The largest absolute Gasteiger partial charge is 0.388 e. The Morgan fingerprint density at radius 1 is 1.20 bits per heavy atom. The number of aliphatic hydroxyl groups excluding tert-OH is 1. The summed E-state index contributed by atoms with van der Waals surface area (Å²) >= 11 is 0. The molecule has 20 heavy (non-hydrogen) atoms. The van der Waals surface area contributed by atoms with Crippen molar-refractivity contribution in [2.24, 2.45) is 0 Å². The summed E-state index contributed by atoms with van der Waals surface area (Å²) in [6, 6.07) is 6.86. The quantitative estimate of drug-likeness (QED) is 0.896. The molecule has 0 aromatic heterocycles. The summed E-state index contributed by atoms with van der Waals surface area (Å²) in [4.78, 5) is 4.85. The van der Waals surface area contributed by atoms with Gasteiger partial charge in [0.15, 0.2) is 0 Å².